The fourth-order valence-electron chi connectivity index (χ4n) is 1.94. The minimum atomic E-state index is -3.47. The molecular formula is C14H18N2O2S2. The fraction of sp³-hybridized carbons (Fsp3) is 0.286. The van der Waals surface area contributed by atoms with Crippen LogP contribution in [0.5, 0.6) is 0 Å². The predicted octanol–water partition coefficient (Wildman–Crippen LogP) is 2.85. The van der Waals surface area contributed by atoms with E-state index in [0.29, 0.717) is 23.0 Å². The molecule has 0 aliphatic rings. The molecule has 0 amide bonds. The fourth-order valence-corrected chi connectivity index (χ4v) is 4.60. The summed E-state index contributed by atoms with van der Waals surface area (Å²) in [5.41, 5.74) is 8.21. The Morgan fingerprint density at radius 2 is 2.00 bits per heavy atom. The van der Waals surface area contributed by atoms with Crippen LogP contribution < -0.4 is 5.73 Å². The number of anilines is 1. The van der Waals surface area contributed by atoms with Crippen molar-refractivity contribution in [1.82, 2.24) is 4.31 Å². The third-order valence-electron chi connectivity index (χ3n) is 3.15. The Balaban J connectivity index is 2.31. The van der Waals surface area contributed by atoms with Gasteiger partial charge in [-0.3, -0.25) is 0 Å². The zero-order valence-corrected chi connectivity index (χ0v) is 13.2. The van der Waals surface area contributed by atoms with E-state index < -0.39 is 10.0 Å². The van der Waals surface area contributed by atoms with E-state index in [0.717, 1.165) is 22.5 Å². The molecule has 6 heteroatoms. The average Bonchev–Trinajstić information content (AvgIpc) is 2.85. The maximum Gasteiger partial charge on any atom is 0.252 e. The first-order valence-corrected chi connectivity index (χ1v) is 8.65. The summed E-state index contributed by atoms with van der Waals surface area (Å²) in [6, 6.07) is 9.32. The van der Waals surface area contributed by atoms with Crippen LogP contribution in [0.1, 0.15) is 18.1 Å². The van der Waals surface area contributed by atoms with Crippen LogP contribution in [0.4, 0.5) is 5.69 Å². The van der Waals surface area contributed by atoms with E-state index in [2.05, 4.69) is 0 Å². The molecule has 2 aromatic rings. The van der Waals surface area contributed by atoms with E-state index in [1.807, 2.05) is 38.1 Å². The molecule has 0 spiro atoms. The maximum absolute atomic E-state index is 12.6. The third-order valence-corrected chi connectivity index (χ3v) is 6.50. The van der Waals surface area contributed by atoms with E-state index in [4.69, 9.17) is 5.73 Å². The van der Waals surface area contributed by atoms with Gasteiger partial charge in [0.05, 0.1) is 0 Å². The molecule has 1 heterocycles. The highest BCUT2D eigenvalue weighted by Gasteiger charge is 2.25. The number of benzene rings is 1. The molecule has 0 unspecified atom stereocenters. The van der Waals surface area contributed by atoms with Crippen LogP contribution in [0.3, 0.4) is 0 Å². The second-order valence-corrected chi connectivity index (χ2v) is 7.63. The molecule has 0 saturated heterocycles. The van der Waals surface area contributed by atoms with Gasteiger partial charge in [0.25, 0.3) is 10.0 Å². The van der Waals surface area contributed by atoms with Crippen molar-refractivity contribution in [2.75, 3.05) is 12.3 Å². The number of hydrogen-bond acceptors (Lipinski definition) is 4. The van der Waals surface area contributed by atoms with Gasteiger partial charge >= 0.3 is 0 Å². The summed E-state index contributed by atoms with van der Waals surface area (Å²) in [6.45, 7) is 4.63. The summed E-state index contributed by atoms with van der Waals surface area (Å²) >= 11 is 1.16. The Morgan fingerprint density at radius 3 is 2.55 bits per heavy atom. The van der Waals surface area contributed by atoms with Crippen molar-refractivity contribution in [1.29, 1.82) is 0 Å². The Bertz CT molecular complexity index is 693. The lowest BCUT2D eigenvalue weighted by atomic mass is 10.1. The summed E-state index contributed by atoms with van der Waals surface area (Å²) in [5.74, 6) is 0. The molecule has 0 saturated carbocycles. The Labute approximate surface area is 123 Å². The van der Waals surface area contributed by atoms with Crippen molar-refractivity contribution >= 4 is 27.0 Å². The van der Waals surface area contributed by atoms with Crippen LogP contribution in [0, 0.1) is 6.92 Å². The van der Waals surface area contributed by atoms with Gasteiger partial charge in [-0.05, 0) is 24.1 Å². The molecule has 0 bridgehead atoms. The van der Waals surface area contributed by atoms with Crippen LogP contribution in [-0.4, -0.2) is 19.3 Å². The minimum absolute atomic E-state index is 0.297. The Kier molecular flexibility index (Phi) is 4.47. The Hall–Kier alpha value is -1.37. The quantitative estimate of drug-likeness (QED) is 0.923. The lowest BCUT2D eigenvalue weighted by Crippen LogP contribution is -2.30. The van der Waals surface area contributed by atoms with E-state index in [1.165, 1.54) is 10.4 Å². The number of nitrogen functional groups attached to an aromatic ring is 1. The molecule has 2 N–H and O–H groups in total. The first-order chi connectivity index (χ1) is 9.45. The highest BCUT2D eigenvalue weighted by molar-refractivity contribution is 7.91. The van der Waals surface area contributed by atoms with Crippen molar-refractivity contribution in [3.05, 3.63) is 46.8 Å². The summed E-state index contributed by atoms with van der Waals surface area (Å²) in [7, 11) is -3.47. The van der Waals surface area contributed by atoms with Gasteiger partial charge in [0.1, 0.15) is 4.21 Å². The zero-order valence-electron chi connectivity index (χ0n) is 11.5. The van der Waals surface area contributed by atoms with Gasteiger partial charge < -0.3 is 5.73 Å². The maximum atomic E-state index is 12.6. The first kappa shape index (κ1) is 15.0. The lowest BCUT2D eigenvalue weighted by molar-refractivity contribution is 0.424. The van der Waals surface area contributed by atoms with Gasteiger partial charge in [0.15, 0.2) is 0 Å². The number of hydrogen-bond donors (Lipinski definition) is 1. The molecule has 1 aromatic heterocycles. The van der Waals surface area contributed by atoms with E-state index in [1.54, 1.807) is 5.38 Å². The molecule has 4 nitrogen and oxygen atoms in total. The van der Waals surface area contributed by atoms with Gasteiger partial charge in [0.2, 0.25) is 0 Å². The van der Waals surface area contributed by atoms with Gasteiger partial charge in [0, 0.05) is 24.2 Å². The molecule has 1 aromatic carbocycles. The van der Waals surface area contributed by atoms with Gasteiger partial charge in [-0.2, -0.15) is 4.31 Å². The average molecular weight is 310 g/mol. The van der Waals surface area contributed by atoms with Crippen molar-refractivity contribution in [3.63, 3.8) is 0 Å². The predicted molar refractivity (Wildman–Crippen MR) is 83.2 cm³/mol. The third kappa shape index (κ3) is 3.03. The van der Waals surface area contributed by atoms with Gasteiger partial charge in [-0.25, -0.2) is 8.42 Å². The van der Waals surface area contributed by atoms with Crippen molar-refractivity contribution < 1.29 is 8.42 Å². The highest BCUT2D eigenvalue weighted by Crippen LogP contribution is 2.26. The van der Waals surface area contributed by atoms with Gasteiger partial charge in [-0.1, -0.05) is 31.2 Å². The largest absolute Gasteiger partial charge is 0.398 e. The van der Waals surface area contributed by atoms with Crippen molar-refractivity contribution in [2.24, 2.45) is 0 Å². The molecule has 2 rings (SSSR count). The van der Waals surface area contributed by atoms with Gasteiger partial charge in [-0.15, -0.1) is 11.3 Å². The summed E-state index contributed by atoms with van der Waals surface area (Å²) in [4.78, 5) is 0. The molecule has 0 aliphatic carbocycles. The number of aryl methyl sites for hydroxylation is 1. The molecule has 0 fully saturated rings. The summed E-state index contributed by atoms with van der Waals surface area (Å²) in [5, 5.41) is 1.65. The monoisotopic (exact) mass is 310 g/mol. The SMILES string of the molecule is CCN(Cc1ccccc1C)S(=O)(=O)c1cc(N)cs1. The minimum Gasteiger partial charge on any atom is -0.398 e. The van der Waals surface area contributed by atoms with E-state index >= 15 is 0 Å². The normalized spacial score (nSPS) is 11.9. The Morgan fingerprint density at radius 1 is 1.30 bits per heavy atom. The second-order valence-electron chi connectivity index (χ2n) is 4.56. The molecule has 0 aliphatic heterocycles. The van der Waals surface area contributed by atoms with Crippen LogP contribution >= 0.6 is 11.3 Å². The van der Waals surface area contributed by atoms with E-state index in [9.17, 15) is 8.42 Å². The molecule has 0 radical (unpaired) electrons. The summed E-state index contributed by atoms with van der Waals surface area (Å²) < 4.78 is 26.9. The number of rotatable bonds is 5. The first-order valence-electron chi connectivity index (χ1n) is 6.34. The van der Waals surface area contributed by atoms with Crippen molar-refractivity contribution in [3.8, 4) is 0 Å². The van der Waals surface area contributed by atoms with Crippen LogP contribution in [0.2, 0.25) is 0 Å². The smallest absolute Gasteiger partial charge is 0.252 e. The van der Waals surface area contributed by atoms with Crippen LogP contribution in [-0.2, 0) is 16.6 Å². The number of thiophene rings is 1. The molecule has 108 valence electrons. The zero-order chi connectivity index (χ0) is 14.8. The number of nitrogens with two attached hydrogens (primary N) is 1. The number of nitrogens with zero attached hydrogens (tertiary/aromatic N) is 1. The summed E-state index contributed by atoms with van der Waals surface area (Å²) in [6.07, 6.45) is 0. The van der Waals surface area contributed by atoms with Crippen LogP contribution in [0.15, 0.2) is 39.9 Å². The molecular weight excluding hydrogens is 292 g/mol. The molecule has 0 atom stereocenters. The standard InChI is InChI=1S/C14H18N2O2S2/c1-3-16(9-12-7-5-4-6-11(12)2)20(17,18)14-8-13(15)10-19-14/h4-8,10H,3,9,15H2,1-2H3. The van der Waals surface area contributed by atoms with Crippen molar-refractivity contribution in [2.45, 2.75) is 24.6 Å². The van der Waals surface area contributed by atoms with Crippen LogP contribution in [0.25, 0.3) is 0 Å². The molecule has 20 heavy (non-hydrogen) atoms. The topological polar surface area (TPSA) is 63.4 Å². The number of sulfonamides is 1. The highest BCUT2D eigenvalue weighted by atomic mass is 32.2. The second kappa shape index (κ2) is 5.95. The lowest BCUT2D eigenvalue weighted by Gasteiger charge is -2.20. The van der Waals surface area contributed by atoms with E-state index in [-0.39, 0.29) is 0 Å².